The van der Waals surface area contributed by atoms with Crippen molar-refractivity contribution in [1.29, 1.82) is 0 Å². The normalized spacial score (nSPS) is 10.2. The van der Waals surface area contributed by atoms with Gasteiger partial charge in [-0.05, 0) is 35.1 Å². The van der Waals surface area contributed by atoms with Crippen LogP contribution < -0.4 is 0 Å². The summed E-state index contributed by atoms with van der Waals surface area (Å²) >= 11 is 0. The summed E-state index contributed by atoms with van der Waals surface area (Å²) in [6.07, 6.45) is 2.47. The van der Waals surface area contributed by atoms with E-state index in [2.05, 4.69) is 56.3 Å². The molecule has 0 aliphatic carbocycles. The van der Waals surface area contributed by atoms with E-state index in [1.807, 2.05) is 13.8 Å². The van der Waals surface area contributed by atoms with Crippen LogP contribution in [-0.4, -0.2) is 0 Å². The minimum Gasteiger partial charge on any atom is -0.0683 e. The van der Waals surface area contributed by atoms with Gasteiger partial charge in [-0.15, -0.1) is 0 Å². The van der Waals surface area contributed by atoms with Gasteiger partial charge in [0.25, 0.3) is 0 Å². The molecule has 0 nitrogen and oxygen atoms in total. The highest BCUT2D eigenvalue weighted by Gasteiger charge is 1.98. The van der Waals surface area contributed by atoms with Crippen LogP contribution in [0.4, 0.5) is 0 Å². The third kappa shape index (κ3) is 4.22. The van der Waals surface area contributed by atoms with Gasteiger partial charge in [-0.3, -0.25) is 0 Å². The van der Waals surface area contributed by atoms with Crippen LogP contribution in [0.1, 0.15) is 39.7 Å². The summed E-state index contributed by atoms with van der Waals surface area (Å²) in [5.74, 6) is 0.788. The van der Waals surface area contributed by atoms with Crippen molar-refractivity contribution in [2.24, 2.45) is 5.92 Å². The summed E-state index contributed by atoms with van der Waals surface area (Å²) in [4.78, 5) is 0. The molecule has 0 aromatic heterocycles. The first-order valence-corrected chi connectivity index (χ1v) is 6.73. The Morgan fingerprint density at radius 2 is 1.53 bits per heavy atom. The minimum atomic E-state index is 0.788. The molecule has 0 aliphatic heterocycles. The molecule has 0 unspecified atom stereocenters. The first-order chi connectivity index (χ1) is 8.25. The summed E-state index contributed by atoms with van der Waals surface area (Å²) in [5, 5.41) is 2.70. The van der Waals surface area contributed by atoms with Gasteiger partial charge in [0.2, 0.25) is 0 Å². The highest BCUT2D eigenvalue weighted by Crippen LogP contribution is 2.17. The average molecular weight is 228 g/mol. The van der Waals surface area contributed by atoms with Crippen molar-refractivity contribution < 1.29 is 0 Å². The quantitative estimate of drug-likeness (QED) is 0.655. The maximum Gasteiger partial charge on any atom is -0.0181 e. The highest BCUT2D eigenvalue weighted by atomic mass is 14.0. The molecule has 17 heavy (non-hydrogen) atoms. The molecule has 0 fully saturated rings. The molecular formula is C17H24. The lowest BCUT2D eigenvalue weighted by Crippen LogP contribution is -1.91. The van der Waals surface area contributed by atoms with Gasteiger partial charge >= 0.3 is 0 Å². The monoisotopic (exact) mass is 228 g/mol. The Bertz CT molecular complexity index is 440. The van der Waals surface area contributed by atoms with Gasteiger partial charge in [-0.25, -0.2) is 0 Å². The van der Waals surface area contributed by atoms with Gasteiger partial charge in [0.1, 0.15) is 0 Å². The van der Waals surface area contributed by atoms with E-state index >= 15 is 0 Å². The summed E-state index contributed by atoms with van der Waals surface area (Å²) < 4.78 is 0. The fourth-order valence-electron chi connectivity index (χ4n) is 1.85. The van der Waals surface area contributed by atoms with Crippen LogP contribution in [0, 0.1) is 5.92 Å². The molecule has 0 heteroatoms. The average Bonchev–Trinajstić information content (AvgIpc) is 2.38. The Morgan fingerprint density at radius 1 is 0.882 bits per heavy atom. The van der Waals surface area contributed by atoms with E-state index in [9.17, 15) is 0 Å². The third-order valence-electron chi connectivity index (χ3n) is 2.82. The Kier molecular flexibility index (Phi) is 5.76. The van der Waals surface area contributed by atoms with Gasteiger partial charge in [0, 0.05) is 0 Å². The molecule has 0 radical (unpaired) electrons. The summed E-state index contributed by atoms with van der Waals surface area (Å²) in [7, 11) is 0. The number of hydrogen-bond donors (Lipinski definition) is 0. The molecule has 0 N–H and O–H groups in total. The van der Waals surface area contributed by atoms with Crippen LogP contribution in [-0.2, 0) is 6.42 Å². The van der Waals surface area contributed by atoms with Gasteiger partial charge in [-0.2, -0.15) is 0 Å². The molecular weight excluding hydrogens is 204 g/mol. The van der Waals surface area contributed by atoms with Crippen LogP contribution in [0.25, 0.3) is 10.8 Å². The maximum atomic E-state index is 2.32. The van der Waals surface area contributed by atoms with E-state index < -0.39 is 0 Å². The Hall–Kier alpha value is -1.30. The van der Waals surface area contributed by atoms with E-state index in [-0.39, 0.29) is 0 Å². The van der Waals surface area contributed by atoms with E-state index in [0.29, 0.717) is 0 Å². The fraction of sp³-hybridized carbons (Fsp3) is 0.412. The minimum absolute atomic E-state index is 0.788. The second-order valence-electron chi connectivity index (χ2n) is 4.61. The molecule has 0 bridgehead atoms. The molecule has 0 saturated carbocycles. The fourth-order valence-corrected chi connectivity index (χ4v) is 1.85. The Labute approximate surface area is 106 Å². The first kappa shape index (κ1) is 13.8. The SMILES string of the molecule is CC.CC(C)CCc1ccc2ccccc2c1. The molecule has 0 saturated heterocycles. The summed E-state index contributed by atoms with van der Waals surface area (Å²) in [6.45, 7) is 8.56. The van der Waals surface area contributed by atoms with Crippen LogP contribution >= 0.6 is 0 Å². The van der Waals surface area contributed by atoms with Crippen molar-refractivity contribution in [1.82, 2.24) is 0 Å². The molecule has 92 valence electrons. The number of aryl methyl sites for hydroxylation is 1. The second-order valence-corrected chi connectivity index (χ2v) is 4.61. The Morgan fingerprint density at radius 3 is 2.18 bits per heavy atom. The number of hydrogen-bond acceptors (Lipinski definition) is 0. The largest absolute Gasteiger partial charge is 0.0683 e. The molecule has 0 aliphatic rings. The van der Waals surface area contributed by atoms with Crippen LogP contribution in [0.5, 0.6) is 0 Å². The van der Waals surface area contributed by atoms with Crippen molar-refractivity contribution in [2.45, 2.75) is 40.5 Å². The number of benzene rings is 2. The zero-order chi connectivity index (χ0) is 12.7. The second kappa shape index (κ2) is 7.11. The summed E-state index contributed by atoms with van der Waals surface area (Å²) in [6, 6.07) is 15.4. The van der Waals surface area contributed by atoms with Crippen molar-refractivity contribution >= 4 is 10.8 Å². The lowest BCUT2D eigenvalue weighted by atomic mass is 10.00. The van der Waals surface area contributed by atoms with Crippen LogP contribution in [0.2, 0.25) is 0 Å². The highest BCUT2D eigenvalue weighted by molar-refractivity contribution is 5.82. The number of fused-ring (bicyclic) bond motifs is 1. The standard InChI is InChI=1S/C15H18.C2H6/c1-12(2)7-8-13-9-10-14-5-3-4-6-15(14)11-13;1-2/h3-6,9-12H,7-8H2,1-2H3;1-2H3. The molecule has 2 rings (SSSR count). The van der Waals surface area contributed by atoms with Gasteiger partial charge in [0.15, 0.2) is 0 Å². The topological polar surface area (TPSA) is 0 Å². The number of rotatable bonds is 3. The van der Waals surface area contributed by atoms with Gasteiger partial charge in [0.05, 0.1) is 0 Å². The van der Waals surface area contributed by atoms with E-state index in [0.717, 1.165) is 5.92 Å². The molecule has 0 spiro atoms. The molecule has 2 aromatic carbocycles. The zero-order valence-corrected chi connectivity index (χ0v) is 11.5. The predicted molar refractivity (Wildman–Crippen MR) is 78.5 cm³/mol. The third-order valence-corrected chi connectivity index (χ3v) is 2.82. The predicted octanol–water partition coefficient (Wildman–Crippen LogP) is 5.45. The van der Waals surface area contributed by atoms with Crippen molar-refractivity contribution in [2.75, 3.05) is 0 Å². The van der Waals surface area contributed by atoms with Gasteiger partial charge in [-0.1, -0.05) is 70.2 Å². The lowest BCUT2D eigenvalue weighted by molar-refractivity contribution is 0.587. The van der Waals surface area contributed by atoms with E-state index in [1.54, 1.807) is 0 Å². The van der Waals surface area contributed by atoms with E-state index in [1.165, 1.54) is 29.2 Å². The molecule has 2 aromatic rings. The zero-order valence-electron chi connectivity index (χ0n) is 11.5. The van der Waals surface area contributed by atoms with E-state index in [4.69, 9.17) is 0 Å². The molecule has 0 atom stereocenters. The first-order valence-electron chi connectivity index (χ1n) is 6.73. The van der Waals surface area contributed by atoms with Crippen molar-refractivity contribution in [3.05, 3.63) is 48.0 Å². The smallest absolute Gasteiger partial charge is 0.0181 e. The van der Waals surface area contributed by atoms with Crippen LogP contribution in [0.3, 0.4) is 0 Å². The Balaban J connectivity index is 0.000000686. The van der Waals surface area contributed by atoms with Crippen molar-refractivity contribution in [3.8, 4) is 0 Å². The summed E-state index contributed by atoms with van der Waals surface area (Å²) in [5.41, 5.74) is 1.46. The lowest BCUT2D eigenvalue weighted by Gasteiger charge is -2.06. The maximum absolute atomic E-state index is 2.32. The molecule has 0 amide bonds. The molecule has 0 heterocycles. The van der Waals surface area contributed by atoms with Gasteiger partial charge < -0.3 is 0 Å². The van der Waals surface area contributed by atoms with Crippen LogP contribution in [0.15, 0.2) is 42.5 Å². The van der Waals surface area contributed by atoms with Crippen molar-refractivity contribution in [3.63, 3.8) is 0 Å².